The molecule has 0 radical (unpaired) electrons. The normalized spacial score (nSPS) is 16.9. The van der Waals surface area contributed by atoms with Gasteiger partial charge in [-0.15, -0.1) is 0 Å². The van der Waals surface area contributed by atoms with Crippen LogP contribution in [0, 0.1) is 0 Å². The molecule has 0 bridgehead atoms. The summed E-state index contributed by atoms with van der Waals surface area (Å²) in [7, 11) is 0. The second-order valence-electron chi connectivity index (χ2n) is 4.38. The van der Waals surface area contributed by atoms with Gasteiger partial charge in [0.2, 0.25) is 5.91 Å². The summed E-state index contributed by atoms with van der Waals surface area (Å²) >= 11 is 0. The van der Waals surface area contributed by atoms with Gasteiger partial charge in [0.15, 0.2) is 0 Å². The van der Waals surface area contributed by atoms with Gasteiger partial charge in [0.25, 0.3) is 0 Å². The zero-order valence-electron chi connectivity index (χ0n) is 8.92. The number of hydrogen-bond donors (Lipinski definition) is 1. The molecule has 1 aromatic rings. The van der Waals surface area contributed by atoms with Gasteiger partial charge in [-0.1, -0.05) is 30.8 Å². The summed E-state index contributed by atoms with van der Waals surface area (Å²) < 4.78 is 0. The molecule has 1 N–H and O–H groups in total. The summed E-state index contributed by atoms with van der Waals surface area (Å²) in [5, 5.41) is 2.99. The van der Waals surface area contributed by atoms with Crippen molar-refractivity contribution in [3.8, 4) is 0 Å². The van der Waals surface area contributed by atoms with Crippen LogP contribution in [0.4, 0.5) is 0 Å². The second kappa shape index (κ2) is 3.54. The van der Waals surface area contributed by atoms with Crippen LogP contribution in [0.5, 0.6) is 0 Å². The first-order valence-electron chi connectivity index (χ1n) is 5.14. The van der Waals surface area contributed by atoms with Gasteiger partial charge < -0.3 is 5.32 Å². The lowest BCUT2D eigenvalue weighted by atomic mass is 9.98. The first kappa shape index (κ1) is 9.97. The number of rotatable bonds is 2. The van der Waals surface area contributed by atoms with Crippen molar-refractivity contribution in [2.24, 2.45) is 0 Å². The zero-order chi connectivity index (χ0) is 10.9. The number of carbonyl (C=O) groups is 1. The van der Waals surface area contributed by atoms with Gasteiger partial charge in [-0.25, -0.2) is 0 Å². The van der Waals surface area contributed by atoms with Crippen LogP contribution in [0.3, 0.4) is 0 Å². The Hall–Kier alpha value is -1.57. The Kier molecular flexibility index (Phi) is 2.35. The third-order valence-electron chi connectivity index (χ3n) is 2.89. The van der Waals surface area contributed by atoms with Gasteiger partial charge >= 0.3 is 0 Å². The van der Waals surface area contributed by atoms with Gasteiger partial charge in [0.1, 0.15) is 0 Å². The Bertz CT molecular complexity index is 384. The number of carbonyl (C=O) groups excluding carboxylic acids is 1. The van der Waals surface area contributed by atoms with E-state index in [2.05, 4.69) is 31.0 Å². The maximum absolute atomic E-state index is 11.3. The molecule has 2 rings (SSSR count). The Morgan fingerprint density at radius 2 is 1.93 bits per heavy atom. The molecule has 0 fully saturated rings. The zero-order valence-corrected chi connectivity index (χ0v) is 8.92. The summed E-state index contributed by atoms with van der Waals surface area (Å²) in [5.74, 6) is -0.0923. The lowest BCUT2D eigenvalue weighted by Crippen LogP contribution is -2.46. The Balaban J connectivity index is 2.17. The minimum absolute atomic E-state index is 0.0923. The van der Waals surface area contributed by atoms with Crippen molar-refractivity contribution < 1.29 is 4.79 Å². The van der Waals surface area contributed by atoms with Crippen LogP contribution in [-0.4, -0.2) is 11.4 Å². The molecule has 1 amide bonds. The predicted octanol–water partition coefficient (Wildman–Crippen LogP) is 1.85. The molecule has 0 heterocycles. The lowest BCUT2D eigenvalue weighted by Gasteiger charge is -2.24. The van der Waals surface area contributed by atoms with Gasteiger partial charge in [-0.2, -0.15) is 0 Å². The molecular formula is C13H15NO. The first-order valence-corrected chi connectivity index (χ1v) is 5.14. The summed E-state index contributed by atoms with van der Waals surface area (Å²) in [6.07, 6.45) is 3.14. The van der Waals surface area contributed by atoms with Gasteiger partial charge in [-0.3, -0.25) is 4.79 Å². The molecule has 1 aliphatic rings. The van der Waals surface area contributed by atoms with Crippen molar-refractivity contribution in [1.29, 1.82) is 0 Å². The molecule has 1 aliphatic carbocycles. The summed E-state index contributed by atoms with van der Waals surface area (Å²) in [6.45, 7) is 5.55. The van der Waals surface area contributed by atoms with Crippen LogP contribution >= 0.6 is 0 Å². The molecule has 2 heteroatoms. The van der Waals surface area contributed by atoms with Crippen LogP contribution in [0.2, 0.25) is 0 Å². The smallest absolute Gasteiger partial charge is 0.243 e. The van der Waals surface area contributed by atoms with E-state index in [1.807, 2.05) is 12.1 Å². The topological polar surface area (TPSA) is 29.1 Å². The number of hydrogen-bond acceptors (Lipinski definition) is 1. The fourth-order valence-electron chi connectivity index (χ4n) is 2.24. The van der Waals surface area contributed by atoms with E-state index in [0.29, 0.717) is 0 Å². The van der Waals surface area contributed by atoms with E-state index in [9.17, 15) is 4.79 Å². The van der Waals surface area contributed by atoms with E-state index in [1.54, 1.807) is 0 Å². The van der Waals surface area contributed by atoms with Gasteiger partial charge in [0, 0.05) is 5.54 Å². The fourth-order valence-corrected chi connectivity index (χ4v) is 2.24. The number of nitrogens with one attached hydrogen (secondary N) is 1. The van der Waals surface area contributed by atoms with Crippen LogP contribution in [0.1, 0.15) is 18.1 Å². The molecule has 1 aromatic carbocycles. The highest BCUT2D eigenvalue weighted by atomic mass is 16.1. The molecule has 0 atom stereocenters. The first-order chi connectivity index (χ1) is 7.13. The van der Waals surface area contributed by atoms with E-state index < -0.39 is 0 Å². The summed E-state index contributed by atoms with van der Waals surface area (Å²) in [4.78, 5) is 11.3. The average molecular weight is 201 g/mol. The van der Waals surface area contributed by atoms with Crippen molar-refractivity contribution in [3.05, 3.63) is 48.0 Å². The maximum atomic E-state index is 11.3. The molecule has 0 spiro atoms. The van der Waals surface area contributed by atoms with Crippen molar-refractivity contribution in [2.45, 2.75) is 25.3 Å². The largest absolute Gasteiger partial charge is 0.347 e. The molecule has 0 saturated carbocycles. The van der Waals surface area contributed by atoms with Crippen molar-refractivity contribution in [1.82, 2.24) is 5.32 Å². The highest BCUT2D eigenvalue weighted by Crippen LogP contribution is 2.29. The fraction of sp³-hybridized carbons (Fsp3) is 0.308. The molecule has 0 unspecified atom stereocenters. The number of fused-ring (bicyclic) bond motifs is 1. The number of amides is 1. The summed E-state index contributed by atoms with van der Waals surface area (Å²) in [5.41, 5.74) is 2.53. The Morgan fingerprint density at radius 3 is 2.40 bits per heavy atom. The second-order valence-corrected chi connectivity index (χ2v) is 4.38. The van der Waals surface area contributed by atoms with E-state index in [4.69, 9.17) is 0 Å². The standard InChI is InChI=1S/C13H15NO/c1-3-12(15)14-13(2)8-10-6-4-5-7-11(10)9-13/h3-7H,1,8-9H2,2H3,(H,14,15). The van der Waals surface area contributed by atoms with Gasteiger partial charge in [-0.05, 0) is 37.0 Å². The SMILES string of the molecule is C=CC(=O)NC1(C)Cc2ccccc2C1. The Labute approximate surface area is 90.0 Å². The van der Waals surface area contributed by atoms with Crippen LogP contribution in [0.15, 0.2) is 36.9 Å². The molecule has 15 heavy (non-hydrogen) atoms. The maximum Gasteiger partial charge on any atom is 0.243 e. The quantitative estimate of drug-likeness (QED) is 0.727. The third kappa shape index (κ3) is 1.94. The van der Waals surface area contributed by atoms with Crippen LogP contribution < -0.4 is 5.32 Å². The van der Waals surface area contributed by atoms with Crippen molar-refractivity contribution in [3.63, 3.8) is 0 Å². The van der Waals surface area contributed by atoms with E-state index in [1.165, 1.54) is 17.2 Å². The molecule has 0 aromatic heterocycles. The minimum Gasteiger partial charge on any atom is -0.347 e. The van der Waals surface area contributed by atoms with E-state index in [-0.39, 0.29) is 11.4 Å². The van der Waals surface area contributed by atoms with Gasteiger partial charge in [0.05, 0.1) is 0 Å². The summed E-state index contributed by atoms with van der Waals surface area (Å²) in [6, 6.07) is 8.33. The highest BCUT2D eigenvalue weighted by molar-refractivity contribution is 5.87. The third-order valence-corrected chi connectivity index (χ3v) is 2.89. The highest BCUT2D eigenvalue weighted by Gasteiger charge is 2.33. The van der Waals surface area contributed by atoms with Crippen LogP contribution in [-0.2, 0) is 17.6 Å². The number of benzene rings is 1. The Morgan fingerprint density at radius 1 is 1.40 bits per heavy atom. The monoisotopic (exact) mass is 201 g/mol. The molecule has 2 nitrogen and oxygen atoms in total. The van der Waals surface area contributed by atoms with E-state index in [0.717, 1.165) is 12.8 Å². The minimum atomic E-state index is -0.144. The van der Waals surface area contributed by atoms with Crippen molar-refractivity contribution >= 4 is 5.91 Å². The average Bonchev–Trinajstić information content (AvgIpc) is 2.53. The molecule has 78 valence electrons. The molecular weight excluding hydrogens is 186 g/mol. The lowest BCUT2D eigenvalue weighted by molar-refractivity contribution is -0.118. The molecule has 0 aliphatic heterocycles. The van der Waals surface area contributed by atoms with Crippen LogP contribution in [0.25, 0.3) is 0 Å². The molecule has 0 saturated heterocycles. The van der Waals surface area contributed by atoms with Crippen molar-refractivity contribution in [2.75, 3.05) is 0 Å². The van der Waals surface area contributed by atoms with E-state index >= 15 is 0 Å². The predicted molar refractivity (Wildman–Crippen MR) is 60.6 cm³/mol.